The summed E-state index contributed by atoms with van der Waals surface area (Å²) in [5.74, 6) is 1.44. The predicted octanol–water partition coefficient (Wildman–Crippen LogP) is 1.15. The van der Waals surface area contributed by atoms with Crippen molar-refractivity contribution in [3.05, 3.63) is 41.7 Å². The zero-order valence-corrected chi connectivity index (χ0v) is 11.6. The van der Waals surface area contributed by atoms with Crippen LogP contribution in [0.15, 0.2) is 24.3 Å². The van der Waals surface area contributed by atoms with E-state index in [1.165, 1.54) is 12.1 Å². The lowest BCUT2D eigenvalue weighted by molar-refractivity contribution is -0.134. The molecule has 0 unspecified atom stereocenters. The predicted molar refractivity (Wildman–Crippen MR) is 72.1 cm³/mol. The van der Waals surface area contributed by atoms with Gasteiger partial charge in [-0.15, -0.1) is 10.2 Å². The van der Waals surface area contributed by atoms with Crippen molar-refractivity contribution in [3.63, 3.8) is 0 Å². The number of carbonyl (C=O) groups excluding carboxylic acids is 1. The van der Waals surface area contributed by atoms with Gasteiger partial charge in [-0.05, 0) is 19.1 Å². The standard InChI is InChI=1S/C14H15FN4O2/c1-10-16-17-13-8-18(5-6-19(10)13)14(20)9-21-12-4-2-3-11(15)7-12/h2-4,7H,5-6,8-9H2,1H3. The van der Waals surface area contributed by atoms with Crippen molar-refractivity contribution in [1.29, 1.82) is 0 Å². The van der Waals surface area contributed by atoms with Gasteiger partial charge in [0.1, 0.15) is 17.4 Å². The first-order valence-electron chi connectivity index (χ1n) is 6.68. The molecule has 0 fully saturated rings. The monoisotopic (exact) mass is 290 g/mol. The molecular formula is C14H15FN4O2. The van der Waals surface area contributed by atoms with E-state index >= 15 is 0 Å². The lowest BCUT2D eigenvalue weighted by Gasteiger charge is -2.27. The van der Waals surface area contributed by atoms with Gasteiger partial charge < -0.3 is 14.2 Å². The minimum Gasteiger partial charge on any atom is -0.484 e. The summed E-state index contributed by atoms with van der Waals surface area (Å²) in [6.07, 6.45) is 0. The van der Waals surface area contributed by atoms with Gasteiger partial charge in [0.2, 0.25) is 0 Å². The van der Waals surface area contributed by atoms with Crippen LogP contribution < -0.4 is 4.74 Å². The molecule has 0 aliphatic carbocycles. The van der Waals surface area contributed by atoms with Gasteiger partial charge in [0.05, 0.1) is 6.54 Å². The van der Waals surface area contributed by atoms with E-state index in [1.807, 2.05) is 11.5 Å². The second-order valence-electron chi connectivity index (χ2n) is 4.88. The molecule has 0 atom stereocenters. The van der Waals surface area contributed by atoms with Gasteiger partial charge in [-0.25, -0.2) is 4.39 Å². The van der Waals surface area contributed by atoms with Crippen molar-refractivity contribution in [2.24, 2.45) is 0 Å². The van der Waals surface area contributed by atoms with Crippen LogP contribution in [-0.2, 0) is 17.9 Å². The second kappa shape index (κ2) is 5.51. The van der Waals surface area contributed by atoms with E-state index in [2.05, 4.69) is 10.2 Å². The van der Waals surface area contributed by atoms with E-state index in [0.717, 1.165) is 11.6 Å². The van der Waals surface area contributed by atoms with E-state index < -0.39 is 0 Å². The largest absolute Gasteiger partial charge is 0.484 e. The average molecular weight is 290 g/mol. The Hall–Kier alpha value is -2.44. The summed E-state index contributed by atoms with van der Waals surface area (Å²) >= 11 is 0. The maximum atomic E-state index is 13.0. The second-order valence-corrected chi connectivity index (χ2v) is 4.88. The van der Waals surface area contributed by atoms with Crippen LogP contribution in [0.5, 0.6) is 5.75 Å². The number of hydrogen-bond acceptors (Lipinski definition) is 4. The van der Waals surface area contributed by atoms with Gasteiger partial charge in [-0.1, -0.05) is 6.07 Å². The number of halogens is 1. The van der Waals surface area contributed by atoms with E-state index in [1.54, 1.807) is 17.0 Å². The molecule has 0 saturated carbocycles. The SMILES string of the molecule is Cc1nnc2n1CCN(C(=O)COc1cccc(F)c1)C2. The highest BCUT2D eigenvalue weighted by atomic mass is 19.1. The summed E-state index contributed by atoms with van der Waals surface area (Å²) in [5, 5.41) is 8.04. The molecule has 1 amide bonds. The Bertz CT molecular complexity index is 671. The van der Waals surface area contributed by atoms with Crippen LogP contribution >= 0.6 is 0 Å². The fourth-order valence-corrected chi connectivity index (χ4v) is 2.31. The van der Waals surface area contributed by atoms with Crippen LogP contribution in [0.3, 0.4) is 0 Å². The summed E-state index contributed by atoms with van der Waals surface area (Å²) in [6, 6.07) is 5.74. The van der Waals surface area contributed by atoms with Crippen molar-refractivity contribution in [2.75, 3.05) is 13.2 Å². The average Bonchev–Trinajstić information content (AvgIpc) is 2.86. The number of aromatic nitrogens is 3. The molecule has 0 spiro atoms. The number of aryl methyl sites for hydroxylation is 1. The number of benzene rings is 1. The molecule has 1 aromatic carbocycles. The number of amides is 1. The Kier molecular flexibility index (Phi) is 3.55. The first-order chi connectivity index (χ1) is 10.1. The van der Waals surface area contributed by atoms with Crippen molar-refractivity contribution < 1.29 is 13.9 Å². The van der Waals surface area contributed by atoms with Crippen LogP contribution in [-0.4, -0.2) is 38.7 Å². The van der Waals surface area contributed by atoms with E-state index in [0.29, 0.717) is 25.4 Å². The molecule has 1 aromatic heterocycles. The Morgan fingerprint density at radius 1 is 1.38 bits per heavy atom. The fourth-order valence-electron chi connectivity index (χ4n) is 2.31. The molecule has 2 heterocycles. The highest BCUT2D eigenvalue weighted by Crippen LogP contribution is 2.14. The summed E-state index contributed by atoms with van der Waals surface area (Å²) < 4.78 is 20.3. The third-order valence-corrected chi connectivity index (χ3v) is 3.45. The quantitative estimate of drug-likeness (QED) is 0.850. The van der Waals surface area contributed by atoms with Crippen molar-refractivity contribution in [2.45, 2.75) is 20.0 Å². The van der Waals surface area contributed by atoms with Gasteiger partial charge in [0.15, 0.2) is 12.4 Å². The number of fused-ring (bicyclic) bond motifs is 1. The number of hydrogen-bond donors (Lipinski definition) is 0. The number of ether oxygens (including phenoxy) is 1. The third kappa shape index (κ3) is 2.86. The molecule has 3 rings (SSSR count). The van der Waals surface area contributed by atoms with Gasteiger partial charge >= 0.3 is 0 Å². The summed E-state index contributed by atoms with van der Waals surface area (Å²) in [5.41, 5.74) is 0. The molecule has 2 aromatic rings. The van der Waals surface area contributed by atoms with Crippen molar-refractivity contribution >= 4 is 5.91 Å². The fraction of sp³-hybridized carbons (Fsp3) is 0.357. The summed E-state index contributed by atoms with van der Waals surface area (Å²) in [4.78, 5) is 13.8. The normalized spacial score (nSPS) is 13.9. The molecule has 1 aliphatic rings. The van der Waals surface area contributed by atoms with Crippen molar-refractivity contribution in [1.82, 2.24) is 19.7 Å². The maximum Gasteiger partial charge on any atom is 0.260 e. The Labute approximate surface area is 121 Å². The Morgan fingerprint density at radius 3 is 3.05 bits per heavy atom. The number of rotatable bonds is 3. The molecule has 0 bridgehead atoms. The van der Waals surface area contributed by atoms with Gasteiger partial charge in [0, 0.05) is 19.2 Å². The van der Waals surface area contributed by atoms with Crippen LogP contribution in [0.4, 0.5) is 4.39 Å². The Balaban J connectivity index is 1.59. The molecule has 7 heteroatoms. The zero-order valence-electron chi connectivity index (χ0n) is 11.6. The van der Waals surface area contributed by atoms with Crippen LogP contribution in [0.25, 0.3) is 0 Å². The van der Waals surface area contributed by atoms with Gasteiger partial charge in [-0.3, -0.25) is 4.79 Å². The van der Waals surface area contributed by atoms with E-state index in [9.17, 15) is 9.18 Å². The highest BCUT2D eigenvalue weighted by molar-refractivity contribution is 5.77. The zero-order chi connectivity index (χ0) is 14.8. The molecule has 1 aliphatic heterocycles. The molecule has 0 N–H and O–H groups in total. The molecule has 110 valence electrons. The first-order valence-corrected chi connectivity index (χ1v) is 6.68. The number of nitrogens with zero attached hydrogens (tertiary/aromatic N) is 4. The van der Waals surface area contributed by atoms with Crippen LogP contribution in [0.1, 0.15) is 11.6 Å². The Morgan fingerprint density at radius 2 is 2.24 bits per heavy atom. The molecule has 21 heavy (non-hydrogen) atoms. The minimum absolute atomic E-state index is 0.115. The molecule has 6 nitrogen and oxygen atoms in total. The summed E-state index contributed by atoms with van der Waals surface area (Å²) in [7, 11) is 0. The number of carbonyl (C=O) groups is 1. The molecular weight excluding hydrogens is 275 g/mol. The smallest absolute Gasteiger partial charge is 0.260 e. The molecule has 0 saturated heterocycles. The first kappa shape index (κ1) is 13.5. The maximum absolute atomic E-state index is 13.0. The lowest BCUT2D eigenvalue weighted by atomic mass is 10.3. The topological polar surface area (TPSA) is 60.2 Å². The minimum atomic E-state index is -0.388. The van der Waals surface area contributed by atoms with Crippen LogP contribution in [0, 0.1) is 12.7 Å². The highest BCUT2D eigenvalue weighted by Gasteiger charge is 2.23. The van der Waals surface area contributed by atoms with Crippen LogP contribution in [0.2, 0.25) is 0 Å². The van der Waals surface area contributed by atoms with Crippen molar-refractivity contribution in [3.8, 4) is 5.75 Å². The summed E-state index contributed by atoms with van der Waals surface area (Å²) in [6.45, 7) is 3.47. The lowest BCUT2D eigenvalue weighted by Crippen LogP contribution is -2.41. The molecule has 0 radical (unpaired) electrons. The van der Waals surface area contributed by atoms with E-state index in [-0.39, 0.29) is 18.3 Å². The van der Waals surface area contributed by atoms with Gasteiger partial charge in [0.25, 0.3) is 5.91 Å². The van der Waals surface area contributed by atoms with Gasteiger partial charge in [-0.2, -0.15) is 0 Å². The van der Waals surface area contributed by atoms with E-state index in [4.69, 9.17) is 4.74 Å². The third-order valence-electron chi connectivity index (χ3n) is 3.45.